The van der Waals surface area contributed by atoms with Crippen molar-refractivity contribution in [1.29, 1.82) is 0 Å². The third-order valence-corrected chi connectivity index (χ3v) is 5.94. The predicted molar refractivity (Wildman–Crippen MR) is 106 cm³/mol. The number of para-hydroxylation sites is 1. The van der Waals surface area contributed by atoms with Gasteiger partial charge < -0.3 is 9.73 Å². The molecule has 0 bridgehead atoms. The van der Waals surface area contributed by atoms with Gasteiger partial charge in [-0.2, -0.15) is 11.8 Å². The van der Waals surface area contributed by atoms with Crippen molar-refractivity contribution in [2.75, 3.05) is 22.9 Å². The minimum Gasteiger partial charge on any atom is -0.468 e. The van der Waals surface area contributed by atoms with Crippen molar-refractivity contribution in [1.82, 2.24) is 5.32 Å². The fourth-order valence-electron chi connectivity index (χ4n) is 2.60. The second-order valence-corrected chi connectivity index (χ2v) is 8.82. The monoisotopic (exact) mass is 414 g/mol. The van der Waals surface area contributed by atoms with Gasteiger partial charge in [0.2, 0.25) is 15.9 Å². The zero-order valence-corrected chi connectivity index (χ0v) is 16.9. The summed E-state index contributed by atoms with van der Waals surface area (Å²) in [7, 11) is -3.85. The van der Waals surface area contributed by atoms with E-state index in [4.69, 9.17) is 4.42 Å². The standard InChI is InChI=1S/C18H23FN2O4S2/c1-3-16(18(22)20-10-12-26-13-14-7-6-11-25-14)21(27(2,23)24)17-9-5-4-8-15(17)19/h4-9,11,16H,3,10,12-13H2,1-2H3,(H,20,22)/t16-/m1/s1. The predicted octanol–water partition coefficient (Wildman–Crippen LogP) is 3.01. The Kier molecular flexibility index (Phi) is 7.73. The molecule has 0 saturated heterocycles. The maximum Gasteiger partial charge on any atom is 0.243 e. The summed E-state index contributed by atoms with van der Waals surface area (Å²) in [6, 6.07) is 8.19. The first-order valence-electron chi connectivity index (χ1n) is 8.46. The molecule has 0 fully saturated rings. The van der Waals surface area contributed by atoms with E-state index in [1.807, 2.05) is 12.1 Å². The van der Waals surface area contributed by atoms with Gasteiger partial charge in [-0.15, -0.1) is 0 Å². The van der Waals surface area contributed by atoms with Gasteiger partial charge in [0.05, 0.1) is 24.0 Å². The number of anilines is 1. The first kappa shape index (κ1) is 21.3. The lowest BCUT2D eigenvalue weighted by Crippen LogP contribution is -2.50. The molecule has 0 saturated carbocycles. The average Bonchev–Trinajstić information content (AvgIpc) is 3.12. The van der Waals surface area contributed by atoms with E-state index in [1.54, 1.807) is 24.9 Å². The Balaban J connectivity index is 2.01. The van der Waals surface area contributed by atoms with Gasteiger partial charge in [0.15, 0.2) is 0 Å². The Morgan fingerprint density at radius 2 is 2.04 bits per heavy atom. The van der Waals surface area contributed by atoms with E-state index in [0.717, 1.165) is 16.3 Å². The molecule has 0 aliphatic heterocycles. The number of amides is 1. The van der Waals surface area contributed by atoms with E-state index in [9.17, 15) is 17.6 Å². The van der Waals surface area contributed by atoms with Crippen LogP contribution in [-0.2, 0) is 20.6 Å². The van der Waals surface area contributed by atoms with Crippen LogP contribution in [0.4, 0.5) is 10.1 Å². The highest BCUT2D eigenvalue weighted by molar-refractivity contribution is 7.98. The molecule has 1 atom stereocenters. The van der Waals surface area contributed by atoms with Gasteiger partial charge in [0.1, 0.15) is 17.6 Å². The van der Waals surface area contributed by atoms with Crippen molar-refractivity contribution in [2.45, 2.75) is 25.1 Å². The summed E-state index contributed by atoms with van der Waals surface area (Å²) in [6.45, 7) is 2.06. The third-order valence-electron chi connectivity index (χ3n) is 3.79. The van der Waals surface area contributed by atoms with Crippen LogP contribution in [0.15, 0.2) is 47.1 Å². The third kappa shape index (κ3) is 6.00. The van der Waals surface area contributed by atoms with Gasteiger partial charge >= 0.3 is 0 Å². The molecule has 0 spiro atoms. The lowest BCUT2D eigenvalue weighted by molar-refractivity contribution is -0.122. The van der Waals surface area contributed by atoms with Gasteiger partial charge in [-0.1, -0.05) is 19.1 Å². The second kappa shape index (κ2) is 9.80. The number of carbonyl (C=O) groups excluding carboxylic acids is 1. The van der Waals surface area contributed by atoms with Crippen molar-refractivity contribution in [3.8, 4) is 0 Å². The van der Waals surface area contributed by atoms with Crippen LogP contribution in [0, 0.1) is 5.82 Å². The van der Waals surface area contributed by atoms with Crippen LogP contribution in [-0.4, -0.2) is 38.9 Å². The number of nitrogens with zero attached hydrogens (tertiary/aromatic N) is 1. The summed E-state index contributed by atoms with van der Waals surface area (Å²) in [4.78, 5) is 12.6. The Morgan fingerprint density at radius 3 is 2.63 bits per heavy atom. The number of nitrogens with one attached hydrogen (secondary N) is 1. The van der Waals surface area contributed by atoms with Crippen molar-refractivity contribution < 1.29 is 22.0 Å². The number of rotatable bonds is 10. The Morgan fingerprint density at radius 1 is 1.30 bits per heavy atom. The number of benzene rings is 1. The first-order chi connectivity index (χ1) is 12.8. The van der Waals surface area contributed by atoms with E-state index in [1.165, 1.54) is 24.3 Å². The zero-order chi connectivity index (χ0) is 19.9. The van der Waals surface area contributed by atoms with Gasteiger partial charge in [0, 0.05) is 12.3 Å². The minimum absolute atomic E-state index is 0.130. The highest BCUT2D eigenvalue weighted by Crippen LogP contribution is 2.25. The van der Waals surface area contributed by atoms with E-state index in [-0.39, 0.29) is 12.1 Å². The number of hydrogen-bond donors (Lipinski definition) is 1. The van der Waals surface area contributed by atoms with Crippen molar-refractivity contribution in [3.05, 3.63) is 54.2 Å². The molecule has 1 amide bonds. The Bertz CT molecular complexity index is 841. The average molecular weight is 415 g/mol. The number of thioether (sulfide) groups is 1. The molecule has 148 valence electrons. The zero-order valence-electron chi connectivity index (χ0n) is 15.2. The van der Waals surface area contributed by atoms with E-state index >= 15 is 0 Å². The lowest BCUT2D eigenvalue weighted by Gasteiger charge is -2.30. The summed E-state index contributed by atoms with van der Waals surface area (Å²) in [5.41, 5.74) is -0.130. The van der Waals surface area contributed by atoms with Gasteiger partial charge in [-0.3, -0.25) is 9.10 Å². The van der Waals surface area contributed by atoms with Gasteiger partial charge in [-0.05, 0) is 30.7 Å². The molecular formula is C18H23FN2O4S2. The van der Waals surface area contributed by atoms with Gasteiger partial charge in [-0.25, -0.2) is 12.8 Å². The summed E-state index contributed by atoms with van der Waals surface area (Å²) in [5.74, 6) is 1.03. The molecular weight excluding hydrogens is 391 g/mol. The largest absolute Gasteiger partial charge is 0.468 e. The van der Waals surface area contributed by atoms with Crippen LogP contribution in [0.5, 0.6) is 0 Å². The number of furan rings is 1. The van der Waals surface area contributed by atoms with Gasteiger partial charge in [0.25, 0.3) is 0 Å². The molecule has 1 heterocycles. The molecule has 1 aromatic carbocycles. The molecule has 1 N–H and O–H groups in total. The normalized spacial score (nSPS) is 12.6. The Labute approximate surface area is 163 Å². The van der Waals surface area contributed by atoms with Crippen molar-refractivity contribution in [3.63, 3.8) is 0 Å². The minimum atomic E-state index is -3.85. The molecule has 6 nitrogen and oxygen atoms in total. The van der Waals surface area contributed by atoms with Crippen molar-refractivity contribution in [2.24, 2.45) is 0 Å². The van der Waals surface area contributed by atoms with Crippen LogP contribution >= 0.6 is 11.8 Å². The summed E-state index contributed by atoms with van der Waals surface area (Å²) in [6.07, 6.45) is 2.79. The van der Waals surface area contributed by atoms with Crippen LogP contribution < -0.4 is 9.62 Å². The number of sulfonamides is 1. The maximum absolute atomic E-state index is 14.2. The van der Waals surface area contributed by atoms with E-state index < -0.39 is 27.8 Å². The summed E-state index contributed by atoms with van der Waals surface area (Å²) in [5, 5.41) is 2.74. The SMILES string of the molecule is CC[C@H](C(=O)NCCSCc1ccco1)N(c1ccccc1F)S(C)(=O)=O. The molecule has 2 rings (SSSR count). The molecule has 2 aromatic rings. The Hall–Kier alpha value is -2.00. The summed E-state index contributed by atoms with van der Waals surface area (Å²) < 4.78 is 44.8. The molecule has 0 radical (unpaired) electrons. The molecule has 0 unspecified atom stereocenters. The maximum atomic E-state index is 14.2. The van der Waals surface area contributed by atoms with Crippen LogP contribution in [0.25, 0.3) is 0 Å². The fourth-order valence-corrected chi connectivity index (χ4v) is 4.57. The molecule has 1 aromatic heterocycles. The molecule has 9 heteroatoms. The van der Waals surface area contributed by atoms with Crippen LogP contribution in [0.2, 0.25) is 0 Å². The lowest BCUT2D eigenvalue weighted by atomic mass is 10.2. The van der Waals surface area contributed by atoms with Crippen LogP contribution in [0.3, 0.4) is 0 Å². The van der Waals surface area contributed by atoms with E-state index in [0.29, 0.717) is 18.1 Å². The highest BCUT2D eigenvalue weighted by Gasteiger charge is 2.32. The smallest absolute Gasteiger partial charge is 0.243 e. The fraction of sp³-hybridized carbons (Fsp3) is 0.389. The summed E-state index contributed by atoms with van der Waals surface area (Å²) >= 11 is 1.58. The number of carbonyl (C=O) groups is 1. The topological polar surface area (TPSA) is 79.6 Å². The molecule has 0 aliphatic carbocycles. The quantitative estimate of drug-likeness (QED) is 0.605. The molecule has 27 heavy (non-hydrogen) atoms. The first-order valence-corrected chi connectivity index (χ1v) is 11.5. The molecule has 0 aliphatic rings. The van der Waals surface area contributed by atoms with Crippen LogP contribution in [0.1, 0.15) is 19.1 Å². The highest BCUT2D eigenvalue weighted by atomic mass is 32.2. The van der Waals surface area contributed by atoms with E-state index in [2.05, 4.69) is 5.32 Å². The second-order valence-electron chi connectivity index (χ2n) is 5.86. The van der Waals surface area contributed by atoms with Crippen molar-refractivity contribution >= 4 is 33.4 Å². The number of halogens is 1. The number of hydrogen-bond acceptors (Lipinski definition) is 5.